The van der Waals surface area contributed by atoms with E-state index in [9.17, 15) is 4.79 Å². The Morgan fingerprint density at radius 2 is 2.18 bits per heavy atom. The van der Waals surface area contributed by atoms with Gasteiger partial charge in [-0.05, 0) is 26.0 Å². The molecule has 2 nitrogen and oxygen atoms in total. The average Bonchev–Trinajstić information content (AvgIpc) is 2.29. The number of carbonyl (C=O) groups excluding carboxylic acids is 1. The van der Waals surface area contributed by atoms with Crippen LogP contribution in [0.25, 0.3) is 0 Å². The largest absolute Gasteiger partial charge is 0.496 e. The molecule has 0 aliphatic rings. The highest BCUT2D eigenvalue weighted by Gasteiger charge is 2.10. The molecule has 0 radical (unpaired) electrons. The summed E-state index contributed by atoms with van der Waals surface area (Å²) < 4.78 is 5.24. The molecule has 1 aromatic carbocycles. The molecule has 1 rings (SSSR count). The molecule has 0 saturated heterocycles. The molecule has 0 aliphatic heterocycles. The Bertz CT molecular complexity index is 437. The van der Waals surface area contributed by atoms with Crippen molar-refractivity contribution in [3.63, 3.8) is 0 Å². The Kier molecular flexibility index (Phi) is 5.59. The highest BCUT2D eigenvalue weighted by molar-refractivity contribution is 7.99. The van der Waals surface area contributed by atoms with E-state index >= 15 is 0 Å². The number of carbonyl (C=O) groups is 1. The van der Waals surface area contributed by atoms with Crippen LogP contribution in [-0.2, 0) is 0 Å². The second-order valence-corrected chi connectivity index (χ2v) is 5.20. The molecule has 0 aliphatic carbocycles. The molecule has 0 atom stereocenters. The van der Waals surface area contributed by atoms with Gasteiger partial charge in [0.2, 0.25) is 0 Å². The van der Waals surface area contributed by atoms with Gasteiger partial charge in [-0.15, -0.1) is 11.8 Å². The van der Waals surface area contributed by atoms with E-state index < -0.39 is 0 Å². The van der Waals surface area contributed by atoms with Crippen LogP contribution in [0.3, 0.4) is 0 Å². The molecule has 0 bridgehead atoms. The maximum absolute atomic E-state index is 11.0. The van der Waals surface area contributed by atoms with Gasteiger partial charge in [-0.2, -0.15) is 0 Å². The SMILES string of the molecule is COc1cc(Cl)cc(C=O)c1SCC=C(C)C. The van der Waals surface area contributed by atoms with Crippen LogP contribution in [0.2, 0.25) is 5.02 Å². The highest BCUT2D eigenvalue weighted by Crippen LogP contribution is 2.35. The molecule has 92 valence electrons. The lowest BCUT2D eigenvalue weighted by molar-refractivity contribution is 0.112. The molecule has 0 aromatic heterocycles. The monoisotopic (exact) mass is 270 g/mol. The van der Waals surface area contributed by atoms with Gasteiger partial charge >= 0.3 is 0 Å². The molecular formula is C13H15ClO2S. The number of hydrogen-bond acceptors (Lipinski definition) is 3. The number of allylic oxidation sites excluding steroid dienone is 1. The van der Waals surface area contributed by atoms with Gasteiger partial charge in [-0.1, -0.05) is 23.3 Å². The van der Waals surface area contributed by atoms with E-state index in [0.29, 0.717) is 16.3 Å². The maximum Gasteiger partial charge on any atom is 0.151 e. The maximum atomic E-state index is 11.0. The molecule has 0 spiro atoms. The quantitative estimate of drug-likeness (QED) is 0.455. The smallest absolute Gasteiger partial charge is 0.151 e. The predicted molar refractivity (Wildman–Crippen MR) is 73.5 cm³/mol. The van der Waals surface area contributed by atoms with Crippen molar-refractivity contribution in [1.82, 2.24) is 0 Å². The molecule has 0 saturated carbocycles. The summed E-state index contributed by atoms with van der Waals surface area (Å²) in [4.78, 5) is 11.8. The normalized spacial score (nSPS) is 9.88. The van der Waals surface area contributed by atoms with E-state index in [-0.39, 0.29) is 0 Å². The number of hydrogen-bond donors (Lipinski definition) is 0. The van der Waals surface area contributed by atoms with Crippen molar-refractivity contribution in [3.05, 3.63) is 34.4 Å². The summed E-state index contributed by atoms with van der Waals surface area (Å²) in [6.07, 6.45) is 2.91. The molecule has 0 fully saturated rings. The first-order valence-corrected chi connectivity index (χ1v) is 6.53. The van der Waals surface area contributed by atoms with E-state index in [1.54, 1.807) is 31.0 Å². The molecule has 1 aromatic rings. The number of benzene rings is 1. The molecular weight excluding hydrogens is 256 g/mol. The first kappa shape index (κ1) is 14.1. The fraction of sp³-hybridized carbons (Fsp3) is 0.308. The van der Waals surface area contributed by atoms with Gasteiger partial charge in [0, 0.05) is 16.3 Å². The summed E-state index contributed by atoms with van der Waals surface area (Å²) in [7, 11) is 1.57. The van der Waals surface area contributed by atoms with Crippen molar-refractivity contribution in [2.75, 3.05) is 12.9 Å². The average molecular weight is 271 g/mol. The molecule has 0 heterocycles. The minimum Gasteiger partial charge on any atom is -0.496 e. The lowest BCUT2D eigenvalue weighted by atomic mass is 10.2. The van der Waals surface area contributed by atoms with Crippen molar-refractivity contribution in [2.45, 2.75) is 18.7 Å². The van der Waals surface area contributed by atoms with Crippen LogP contribution in [0.1, 0.15) is 24.2 Å². The summed E-state index contributed by atoms with van der Waals surface area (Å²) in [6, 6.07) is 3.38. The number of halogens is 1. The Labute approximate surface area is 111 Å². The van der Waals surface area contributed by atoms with E-state index in [2.05, 4.69) is 6.08 Å². The minimum absolute atomic E-state index is 0.510. The Hall–Kier alpha value is -0.930. The van der Waals surface area contributed by atoms with Gasteiger partial charge in [0.1, 0.15) is 5.75 Å². The van der Waals surface area contributed by atoms with Crippen LogP contribution in [0, 0.1) is 0 Å². The third-order valence-electron chi connectivity index (χ3n) is 2.11. The zero-order valence-electron chi connectivity index (χ0n) is 10.1. The van der Waals surface area contributed by atoms with Crippen LogP contribution in [0.15, 0.2) is 28.7 Å². The van der Waals surface area contributed by atoms with Gasteiger partial charge in [-0.25, -0.2) is 0 Å². The summed E-state index contributed by atoms with van der Waals surface area (Å²) in [5.74, 6) is 1.45. The van der Waals surface area contributed by atoms with Gasteiger partial charge < -0.3 is 4.74 Å². The van der Waals surface area contributed by atoms with Gasteiger partial charge in [0.25, 0.3) is 0 Å². The number of rotatable bonds is 5. The summed E-state index contributed by atoms with van der Waals surface area (Å²) in [5.41, 5.74) is 1.82. The van der Waals surface area contributed by atoms with Crippen LogP contribution in [0.4, 0.5) is 0 Å². The standard InChI is InChI=1S/C13H15ClO2S/c1-9(2)4-5-17-13-10(8-15)6-11(14)7-12(13)16-3/h4,6-8H,5H2,1-3H3. The fourth-order valence-corrected chi connectivity index (χ4v) is 2.63. The second kappa shape index (κ2) is 6.72. The van der Waals surface area contributed by atoms with Crippen LogP contribution < -0.4 is 4.74 Å². The van der Waals surface area contributed by atoms with Crippen molar-refractivity contribution in [1.29, 1.82) is 0 Å². The topological polar surface area (TPSA) is 26.3 Å². The summed E-state index contributed by atoms with van der Waals surface area (Å²) in [5, 5.41) is 0.510. The first-order valence-electron chi connectivity index (χ1n) is 5.17. The third-order valence-corrected chi connectivity index (χ3v) is 3.39. The van der Waals surface area contributed by atoms with E-state index in [1.165, 1.54) is 5.57 Å². The number of methoxy groups -OCH3 is 1. The van der Waals surface area contributed by atoms with Crippen LogP contribution in [-0.4, -0.2) is 19.1 Å². The van der Waals surface area contributed by atoms with Crippen molar-refractivity contribution in [2.24, 2.45) is 0 Å². The molecule has 4 heteroatoms. The van der Waals surface area contributed by atoms with Crippen LogP contribution >= 0.6 is 23.4 Å². The highest BCUT2D eigenvalue weighted by atomic mass is 35.5. The minimum atomic E-state index is 0.510. The Balaban J connectivity index is 3.02. The lowest BCUT2D eigenvalue weighted by Crippen LogP contribution is -1.93. The predicted octanol–water partition coefficient (Wildman–Crippen LogP) is 4.22. The van der Waals surface area contributed by atoms with Gasteiger partial charge in [0.15, 0.2) is 6.29 Å². The summed E-state index contributed by atoms with van der Waals surface area (Å²) >= 11 is 7.47. The number of ether oxygens (including phenoxy) is 1. The Morgan fingerprint density at radius 1 is 1.47 bits per heavy atom. The van der Waals surface area contributed by atoms with Crippen LogP contribution in [0.5, 0.6) is 5.75 Å². The molecule has 17 heavy (non-hydrogen) atoms. The zero-order valence-corrected chi connectivity index (χ0v) is 11.7. The molecule has 0 unspecified atom stereocenters. The third kappa shape index (κ3) is 4.10. The second-order valence-electron chi connectivity index (χ2n) is 3.74. The Morgan fingerprint density at radius 3 is 2.71 bits per heavy atom. The van der Waals surface area contributed by atoms with Gasteiger partial charge in [-0.3, -0.25) is 4.79 Å². The molecule has 0 amide bonds. The van der Waals surface area contributed by atoms with E-state index in [4.69, 9.17) is 16.3 Å². The van der Waals surface area contributed by atoms with E-state index in [1.807, 2.05) is 13.8 Å². The molecule has 0 N–H and O–H groups in total. The number of thioether (sulfide) groups is 1. The fourth-order valence-electron chi connectivity index (χ4n) is 1.27. The van der Waals surface area contributed by atoms with E-state index in [0.717, 1.165) is 16.9 Å². The van der Waals surface area contributed by atoms with Gasteiger partial charge in [0.05, 0.1) is 12.0 Å². The lowest BCUT2D eigenvalue weighted by Gasteiger charge is -2.10. The van der Waals surface area contributed by atoms with Crippen molar-refractivity contribution < 1.29 is 9.53 Å². The first-order chi connectivity index (χ1) is 8.08. The summed E-state index contributed by atoms with van der Waals surface area (Å²) in [6.45, 7) is 4.08. The zero-order chi connectivity index (χ0) is 12.8. The number of aldehydes is 1. The van der Waals surface area contributed by atoms with Crippen molar-refractivity contribution in [3.8, 4) is 5.75 Å². The van der Waals surface area contributed by atoms with Crippen molar-refractivity contribution >= 4 is 29.6 Å².